The number of Topliss-reactive ketones (excluding diaryl/α,β-unsaturated/α-hetero) is 1. The van der Waals surface area contributed by atoms with E-state index in [4.69, 9.17) is 0 Å². The number of benzene rings is 1. The molecule has 0 aliphatic rings. The van der Waals surface area contributed by atoms with Gasteiger partial charge in [-0.2, -0.15) is 4.31 Å². The van der Waals surface area contributed by atoms with Crippen LogP contribution in [0.4, 0.5) is 0 Å². The van der Waals surface area contributed by atoms with Crippen LogP contribution in [-0.4, -0.2) is 57.6 Å². The minimum Gasteiger partial charge on any atom is -0.308 e. The second-order valence-electron chi connectivity index (χ2n) is 4.71. The fourth-order valence-corrected chi connectivity index (χ4v) is 2.72. The van der Waals surface area contributed by atoms with Crippen molar-refractivity contribution in [2.24, 2.45) is 0 Å². The Labute approximate surface area is 114 Å². The van der Waals surface area contributed by atoms with Gasteiger partial charge in [0.15, 0.2) is 5.78 Å². The molecule has 0 saturated heterocycles. The second kappa shape index (κ2) is 6.27. The third kappa shape index (κ3) is 4.12. The maximum absolute atomic E-state index is 12.3. The summed E-state index contributed by atoms with van der Waals surface area (Å²) in [7, 11) is 1.78. The lowest BCUT2D eigenvalue weighted by Crippen LogP contribution is -2.33. The minimum absolute atomic E-state index is 0.145. The molecule has 1 aromatic carbocycles. The molecule has 19 heavy (non-hydrogen) atoms. The molecule has 5 nitrogen and oxygen atoms in total. The third-order valence-electron chi connectivity index (χ3n) is 2.81. The third-order valence-corrected chi connectivity index (χ3v) is 4.66. The van der Waals surface area contributed by atoms with Crippen molar-refractivity contribution < 1.29 is 13.2 Å². The Morgan fingerprint density at radius 3 is 2.32 bits per heavy atom. The molecule has 0 unspecified atom stereocenters. The molecule has 0 saturated carbocycles. The van der Waals surface area contributed by atoms with Gasteiger partial charge in [-0.3, -0.25) is 4.79 Å². The SMILES string of the molecule is CC(=O)c1cccc(S(=O)(=O)N(C)CCN(C)C)c1. The molecule has 1 rings (SSSR count). The lowest BCUT2D eigenvalue weighted by Gasteiger charge is -2.19. The van der Waals surface area contributed by atoms with Gasteiger partial charge < -0.3 is 4.90 Å². The van der Waals surface area contributed by atoms with Gasteiger partial charge in [0, 0.05) is 25.7 Å². The molecule has 106 valence electrons. The van der Waals surface area contributed by atoms with Crippen molar-refractivity contribution in [2.45, 2.75) is 11.8 Å². The predicted molar refractivity (Wildman–Crippen MR) is 74.8 cm³/mol. The monoisotopic (exact) mass is 284 g/mol. The first-order chi connectivity index (χ1) is 8.75. The normalized spacial score (nSPS) is 12.1. The highest BCUT2D eigenvalue weighted by molar-refractivity contribution is 7.89. The van der Waals surface area contributed by atoms with Crippen molar-refractivity contribution in [2.75, 3.05) is 34.2 Å². The van der Waals surface area contributed by atoms with E-state index in [-0.39, 0.29) is 10.7 Å². The lowest BCUT2D eigenvalue weighted by atomic mass is 10.2. The predicted octanol–water partition coefficient (Wildman–Crippen LogP) is 1.07. The summed E-state index contributed by atoms with van der Waals surface area (Å²) >= 11 is 0. The fourth-order valence-electron chi connectivity index (χ4n) is 1.52. The highest BCUT2D eigenvalue weighted by Gasteiger charge is 2.21. The highest BCUT2D eigenvalue weighted by atomic mass is 32.2. The summed E-state index contributed by atoms with van der Waals surface area (Å²) in [5.41, 5.74) is 0.405. The van der Waals surface area contributed by atoms with E-state index in [0.29, 0.717) is 18.7 Å². The zero-order valence-corrected chi connectivity index (χ0v) is 12.6. The molecule has 0 spiro atoms. The van der Waals surface area contributed by atoms with Crippen molar-refractivity contribution >= 4 is 15.8 Å². The average molecular weight is 284 g/mol. The first-order valence-electron chi connectivity index (χ1n) is 5.97. The molecule has 0 aliphatic heterocycles. The summed E-state index contributed by atoms with van der Waals surface area (Å²) in [4.78, 5) is 13.4. The number of carbonyl (C=O) groups is 1. The summed E-state index contributed by atoms with van der Waals surface area (Å²) in [6.07, 6.45) is 0. The van der Waals surface area contributed by atoms with E-state index in [1.54, 1.807) is 19.2 Å². The van der Waals surface area contributed by atoms with Crippen LogP contribution < -0.4 is 0 Å². The molecule has 0 fully saturated rings. The van der Waals surface area contributed by atoms with Gasteiger partial charge in [0.05, 0.1) is 4.90 Å². The summed E-state index contributed by atoms with van der Waals surface area (Å²) in [6, 6.07) is 6.13. The molecule has 0 bridgehead atoms. The van der Waals surface area contributed by atoms with Crippen molar-refractivity contribution in [1.29, 1.82) is 0 Å². The number of ketones is 1. The van der Waals surface area contributed by atoms with Crippen LogP contribution in [-0.2, 0) is 10.0 Å². The highest BCUT2D eigenvalue weighted by Crippen LogP contribution is 2.16. The Bertz CT molecular complexity index is 553. The number of carbonyl (C=O) groups excluding carboxylic acids is 1. The van der Waals surface area contributed by atoms with Crippen LogP contribution in [0.25, 0.3) is 0 Å². The van der Waals surface area contributed by atoms with Crippen molar-refractivity contribution in [3.05, 3.63) is 29.8 Å². The summed E-state index contributed by atoms with van der Waals surface area (Å²) in [6.45, 7) is 2.46. The van der Waals surface area contributed by atoms with Crippen molar-refractivity contribution in [3.8, 4) is 0 Å². The van der Waals surface area contributed by atoms with Gasteiger partial charge in [0.1, 0.15) is 0 Å². The summed E-state index contributed by atoms with van der Waals surface area (Å²) in [5.74, 6) is -0.145. The topological polar surface area (TPSA) is 57.7 Å². The fraction of sp³-hybridized carbons (Fsp3) is 0.462. The minimum atomic E-state index is -3.54. The Balaban J connectivity index is 2.99. The van der Waals surface area contributed by atoms with Crippen LogP contribution in [0.1, 0.15) is 17.3 Å². The Morgan fingerprint density at radius 2 is 1.79 bits per heavy atom. The molecular formula is C13H20N2O3S. The van der Waals surface area contributed by atoms with E-state index in [9.17, 15) is 13.2 Å². The van der Waals surface area contributed by atoms with Gasteiger partial charge in [-0.25, -0.2) is 8.42 Å². The molecule has 0 amide bonds. The quantitative estimate of drug-likeness (QED) is 0.733. The number of sulfonamides is 1. The molecule has 0 heterocycles. The molecule has 1 aromatic rings. The molecule has 0 N–H and O–H groups in total. The Hall–Kier alpha value is -1.24. The maximum Gasteiger partial charge on any atom is 0.242 e. The van der Waals surface area contributed by atoms with E-state index in [1.807, 2.05) is 19.0 Å². The molecule has 0 radical (unpaired) electrons. The largest absolute Gasteiger partial charge is 0.308 e. The van der Waals surface area contributed by atoms with Crippen LogP contribution in [0.3, 0.4) is 0 Å². The standard InChI is InChI=1S/C13H20N2O3S/c1-11(16)12-6-5-7-13(10-12)19(17,18)15(4)9-8-14(2)3/h5-7,10H,8-9H2,1-4H3. The maximum atomic E-state index is 12.3. The van der Waals surface area contributed by atoms with Crippen LogP contribution in [0.5, 0.6) is 0 Å². The lowest BCUT2D eigenvalue weighted by molar-refractivity contribution is 0.101. The van der Waals surface area contributed by atoms with Gasteiger partial charge in [0.25, 0.3) is 0 Å². The zero-order chi connectivity index (χ0) is 14.6. The van der Waals surface area contributed by atoms with E-state index in [0.717, 1.165) is 0 Å². The van der Waals surface area contributed by atoms with Gasteiger partial charge in [0.2, 0.25) is 10.0 Å². The van der Waals surface area contributed by atoms with Gasteiger partial charge in [-0.1, -0.05) is 12.1 Å². The summed E-state index contributed by atoms with van der Waals surface area (Å²) < 4.78 is 25.9. The Kier molecular flexibility index (Phi) is 5.22. The van der Waals surface area contributed by atoms with Crippen LogP contribution in [0.15, 0.2) is 29.2 Å². The van der Waals surface area contributed by atoms with E-state index in [1.165, 1.54) is 23.4 Å². The number of hydrogen-bond acceptors (Lipinski definition) is 4. The van der Waals surface area contributed by atoms with E-state index < -0.39 is 10.0 Å². The number of nitrogens with zero attached hydrogens (tertiary/aromatic N) is 2. The van der Waals surface area contributed by atoms with Crippen LogP contribution >= 0.6 is 0 Å². The van der Waals surface area contributed by atoms with Crippen LogP contribution in [0.2, 0.25) is 0 Å². The molecule has 0 aliphatic carbocycles. The van der Waals surface area contributed by atoms with E-state index >= 15 is 0 Å². The van der Waals surface area contributed by atoms with Gasteiger partial charge >= 0.3 is 0 Å². The van der Waals surface area contributed by atoms with Crippen molar-refractivity contribution in [1.82, 2.24) is 9.21 Å². The molecule has 0 atom stereocenters. The molecular weight excluding hydrogens is 264 g/mol. The molecule has 0 aromatic heterocycles. The molecule has 6 heteroatoms. The Morgan fingerprint density at radius 1 is 1.16 bits per heavy atom. The number of hydrogen-bond donors (Lipinski definition) is 0. The first-order valence-corrected chi connectivity index (χ1v) is 7.41. The zero-order valence-electron chi connectivity index (χ0n) is 11.8. The smallest absolute Gasteiger partial charge is 0.242 e. The number of rotatable bonds is 6. The second-order valence-corrected chi connectivity index (χ2v) is 6.76. The summed E-state index contributed by atoms with van der Waals surface area (Å²) in [5, 5.41) is 0. The van der Waals surface area contributed by atoms with Crippen LogP contribution in [0, 0.1) is 0 Å². The number of likely N-dealkylation sites (N-methyl/N-ethyl adjacent to an activating group) is 2. The van der Waals surface area contributed by atoms with Gasteiger partial charge in [-0.05, 0) is 33.2 Å². The van der Waals surface area contributed by atoms with Gasteiger partial charge in [-0.15, -0.1) is 0 Å². The first kappa shape index (κ1) is 15.8. The average Bonchev–Trinajstić information content (AvgIpc) is 2.35. The van der Waals surface area contributed by atoms with Crippen molar-refractivity contribution in [3.63, 3.8) is 0 Å². The van der Waals surface area contributed by atoms with E-state index in [2.05, 4.69) is 0 Å².